The number of rotatable bonds is 3. The Balaban J connectivity index is 1.98. The van der Waals surface area contributed by atoms with Gasteiger partial charge in [-0.2, -0.15) is 4.68 Å². The van der Waals surface area contributed by atoms with Gasteiger partial charge in [-0.25, -0.2) is 5.01 Å². The van der Waals surface area contributed by atoms with Crippen molar-refractivity contribution < 1.29 is 9.59 Å². The number of aromatic nitrogens is 3. The van der Waals surface area contributed by atoms with Crippen molar-refractivity contribution in [3.63, 3.8) is 0 Å². The molecule has 6 nitrogen and oxygen atoms in total. The van der Waals surface area contributed by atoms with Crippen molar-refractivity contribution in [2.45, 2.75) is 19.0 Å². The summed E-state index contributed by atoms with van der Waals surface area (Å²) in [4.78, 5) is 26.2. The van der Waals surface area contributed by atoms with Crippen LogP contribution in [0.15, 0.2) is 57.9 Å². The first-order valence-corrected chi connectivity index (χ1v) is 9.56. The summed E-state index contributed by atoms with van der Waals surface area (Å²) in [5.41, 5.74) is 1.42. The van der Waals surface area contributed by atoms with Gasteiger partial charge in [0.05, 0.1) is 9.78 Å². The van der Waals surface area contributed by atoms with Crippen LogP contribution in [0, 0.1) is 0 Å². The van der Waals surface area contributed by atoms with Crippen molar-refractivity contribution in [1.82, 2.24) is 14.9 Å². The molecule has 0 radical (unpaired) electrons. The molecule has 3 heterocycles. The predicted molar refractivity (Wildman–Crippen MR) is 102 cm³/mol. The minimum absolute atomic E-state index is 0.111. The Hall–Kier alpha value is -2.71. The average Bonchev–Trinajstić information content (AvgIpc) is 3.30. The normalized spacial score (nSPS) is 13.7. The Bertz CT molecular complexity index is 1020. The van der Waals surface area contributed by atoms with E-state index in [2.05, 4.69) is 10.2 Å². The lowest BCUT2D eigenvalue weighted by Crippen LogP contribution is -2.41. The van der Waals surface area contributed by atoms with Gasteiger partial charge in [0.25, 0.3) is 0 Å². The van der Waals surface area contributed by atoms with Crippen LogP contribution in [-0.2, 0) is 9.59 Å². The summed E-state index contributed by atoms with van der Waals surface area (Å²) in [6.07, 6.45) is 0. The summed E-state index contributed by atoms with van der Waals surface area (Å²) in [6.45, 7) is 2.97. The van der Waals surface area contributed by atoms with E-state index < -0.39 is 0 Å². The highest BCUT2D eigenvalue weighted by molar-refractivity contribution is 8.04. The number of allylic oxidation sites excluding steroid dienone is 1. The van der Waals surface area contributed by atoms with Crippen LogP contribution in [-0.4, -0.2) is 26.6 Å². The molecule has 0 saturated heterocycles. The second-order valence-corrected chi connectivity index (χ2v) is 7.55. The van der Waals surface area contributed by atoms with Gasteiger partial charge in [0.15, 0.2) is 11.6 Å². The molecule has 0 unspecified atom stereocenters. The minimum Gasteiger partial charge on any atom is -0.294 e. The van der Waals surface area contributed by atoms with Crippen LogP contribution in [0.2, 0.25) is 0 Å². The second-order valence-electron chi connectivity index (χ2n) is 5.63. The highest BCUT2D eigenvalue weighted by Gasteiger charge is 2.35. The molecule has 1 aliphatic heterocycles. The number of thiophene rings is 1. The third-order valence-electron chi connectivity index (χ3n) is 3.84. The van der Waals surface area contributed by atoms with Gasteiger partial charge >= 0.3 is 0 Å². The van der Waals surface area contributed by atoms with Crippen molar-refractivity contribution in [1.29, 1.82) is 0 Å². The predicted octanol–water partition coefficient (Wildman–Crippen LogP) is 3.55. The summed E-state index contributed by atoms with van der Waals surface area (Å²) >= 11 is 2.72. The van der Waals surface area contributed by atoms with Gasteiger partial charge in [0.2, 0.25) is 11.1 Å². The number of benzene rings is 1. The van der Waals surface area contributed by atoms with E-state index in [-0.39, 0.29) is 11.7 Å². The van der Waals surface area contributed by atoms with Crippen molar-refractivity contribution in [3.8, 4) is 11.4 Å². The lowest BCUT2D eigenvalue weighted by molar-refractivity contribution is -0.117. The molecular weight excluding hydrogens is 368 g/mol. The number of Topliss-reactive ketones (excluding diaryl/α,β-unsaturated/α-hetero) is 1. The number of hydrogen-bond acceptors (Lipinski definition) is 6. The Morgan fingerprint density at radius 3 is 2.38 bits per heavy atom. The van der Waals surface area contributed by atoms with Gasteiger partial charge in [-0.05, 0) is 30.1 Å². The zero-order valence-corrected chi connectivity index (χ0v) is 15.7. The van der Waals surface area contributed by atoms with Crippen LogP contribution in [0.3, 0.4) is 0 Å². The highest BCUT2D eigenvalue weighted by Crippen LogP contribution is 2.42. The van der Waals surface area contributed by atoms with Gasteiger partial charge in [-0.3, -0.25) is 9.59 Å². The lowest BCUT2D eigenvalue weighted by Gasteiger charge is -2.31. The molecule has 130 valence electrons. The maximum Gasteiger partial charge on any atom is 0.243 e. The maximum atomic E-state index is 12.6. The fraction of sp³-hybridized carbons (Fsp3) is 0.111. The molecule has 0 saturated carbocycles. The number of amides is 1. The standard InChI is InChI=1S/C18H14N4O2S2/c1-11(23)16-15(14-9-6-10-25-14)21(12(2)24)22-17(19-20-18(22)26-16)13-7-4-3-5-8-13/h3-10H,1-2H3. The molecule has 0 fully saturated rings. The molecule has 0 aliphatic carbocycles. The van der Waals surface area contributed by atoms with E-state index in [1.165, 1.54) is 42.0 Å². The summed E-state index contributed by atoms with van der Waals surface area (Å²) in [5, 5.41) is 12.4. The molecule has 4 rings (SSSR count). The largest absolute Gasteiger partial charge is 0.294 e. The quantitative estimate of drug-likeness (QED) is 0.693. The minimum atomic E-state index is -0.217. The molecule has 0 bridgehead atoms. The van der Waals surface area contributed by atoms with E-state index in [4.69, 9.17) is 0 Å². The number of fused-ring (bicyclic) bond motifs is 1. The Labute approximate surface area is 158 Å². The zero-order valence-electron chi connectivity index (χ0n) is 14.0. The summed E-state index contributed by atoms with van der Waals surface area (Å²) in [7, 11) is 0. The number of nitrogens with zero attached hydrogens (tertiary/aromatic N) is 4. The number of hydrogen-bond donors (Lipinski definition) is 0. The van der Waals surface area contributed by atoms with E-state index >= 15 is 0 Å². The molecule has 26 heavy (non-hydrogen) atoms. The van der Waals surface area contributed by atoms with E-state index in [9.17, 15) is 9.59 Å². The third kappa shape index (κ3) is 2.67. The first kappa shape index (κ1) is 16.7. The number of thioether (sulfide) groups is 1. The van der Waals surface area contributed by atoms with Gasteiger partial charge in [-0.15, -0.1) is 21.5 Å². The maximum absolute atomic E-state index is 12.6. The smallest absolute Gasteiger partial charge is 0.243 e. The molecule has 0 spiro atoms. The van der Waals surface area contributed by atoms with Crippen LogP contribution in [0.5, 0.6) is 0 Å². The molecular formula is C18H14N4O2S2. The van der Waals surface area contributed by atoms with Gasteiger partial charge in [0, 0.05) is 12.5 Å². The van der Waals surface area contributed by atoms with Gasteiger partial charge in [-0.1, -0.05) is 36.4 Å². The SMILES string of the molecule is CC(=O)C1=C(c2cccs2)N(C(C)=O)n2c(nnc2-c2ccccc2)S1. The van der Waals surface area contributed by atoms with Crippen molar-refractivity contribution in [3.05, 3.63) is 57.6 Å². The number of ketones is 1. The zero-order chi connectivity index (χ0) is 18.3. The fourth-order valence-corrected chi connectivity index (χ4v) is 4.56. The molecule has 1 amide bonds. The topological polar surface area (TPSA) is 68.1 Å². The van der Waals surface area contributed by atoms with E-state index in [0.717, 1.165) is 10.4 Å². The van der Waals surface area contributed by atoms with Gasteiger partial charge in [0.1, 0.15) is 5.70 Å². The molecule has 0 N–H and O–H groups in total. The highest BCUT2D eigenvalue weighted by atomic mass is 32.2. The van der Waals surface area contributed by atoms with E-state index in [1.54, 1.807) is 4.68 Å². The lowest BCUT2D eigenvalue weighted by atomic mass is 10.2. The van der Waals surface area contributed by atoms with E-state index in [0.29, 0.717) is 21.6 Å². The second kappa shape index (κ2) is 6.54. The molecule has 3 aromatic rings. The fourth-order valence-electron chi connectivity index (χ4n) is 2.78. The first-order chi connectivity index (χ1) is 12.6. The third-order valence-corrected chi connectivity index (χ3v) is 5.84. The van der Waals surface area contributed by atoms with Crippen LogP contribution in [0.1, 0.15) is 18.7 Å². The van der Waals surface area contributed by atoms with E-state index in [1.807, 2.05) is 47.8 Å². The van der Waals surface area contributed by atoms with Crippen LogP contribution in [0.4, 0.5) is 0 Å². The molecule has 1 aromatic carbocycles. The van der Waals surface area contributed by atoms with Crippen LogP contribution in [0.25, 0.3) is 17.1 Å². The van der Waals surface area contributed by atoms with Crippen LogP contribution >= 0.6 is 23.1 Å². The molecule has 1 aliphatic rings. The molecule has 8 heteroatoms. The molecule has 2 aromatic heterocycles. The van der Waals surface area contributed by atoms with Crippen molar-refractivity contribution in [2.75, 3.05) is 5.01 Å². The number of carbonyl (C=O) groups excluding carboxylic acids is 2. The monoisotopic (exact) mass is 382 g/mol. The summed E-state index contributed by atoms with van der Waals surface area (Å²) < 4.78 is 1.68. The van der Waals surface area contributed by atoms with Crippen molar-refractivity contribution in [2.24, 2.45) is 0 Å². The van der Waals surface area contributed by atoms with Crippen molar-refractivity contribution >= 4 is 40.5 Å². The van der Waals surface area contributed by atoms with Gasteiger partial charge < -0.3 is 0 Å². The first-order valence-electron chi connectivity index (χ1n) is 7.86. The van der Waals surface area contributed by atoms with Crippen LogP contribution < -0.4 is 5.01 Å². The Morgan fingerprint density at radius 1 is 1.00 bits per heavy atom. The Morgan fingerprint density at radius 2 is 1.77 bits per heavy atom. The Kier molecular flexibility index (Phi) is 4.21. The summed E-state index contributed by atoms with van der Waals surface area (Å²) in [5.74, 6) is 0.228. The molecule has 0 atom stereocenters. The average molecular weight is 382 g/mol. The number of carbonyl (C=O) groups is 2. The summed E-state index contributed by atoms with van der Waals surface area (Å²) in [6, 6.07) is 13.3.